The predicted molar refractivity (Wildman–Crippen MR) is 84.6 cm³/mol. The van der Waals surface area contributed by atoms with E-state index in [-0.39, 0.29) is 0 Å². The Bertz CT molecular complexity index is 442. The number of hydrogen-bond acceptors (Lipinski definition) is 5. The maximum absolute atomic E-state index is 5.07. The van der Waals surface area contributed by atoms with Crippen molar-refractivity contribution in [3.05, 3.63) is 23.9 Å². The molecule has 0 radical (unpaired) electrons. The van der Waals surface area contributed by atoms with Gasteiger partial charge in [0, 0.05) is 64.2 Å². The molecule has 0 amide bonds. The van der Waals surface area contributed by atoms with E-state index in [9.17, 15) is 0 Å². The van der Waals surface area contributed by atoms with Crippen LogP contribution in [0, 0.1) is 0 Å². The second kappa shape index (κ2) is 7.20. The van der Waals surface area contributed by atoms with Crippen molar-refractivity contribution >= 4 is 5.82 Å². The highest BCUT2D eigenvalue weighted by molar-refractivity contribution is 5.47. The number of anilines is 1. The van der Waals surface area contributed by atoms with Gasteiger partial charge in [0.25, 0.3) is 0 Å². The first-order valence-corrected chi connectivity index (χ1v) is 8.01. The molecule has 0 unspecified atom stereocenters. The van der Waals surface area contributed by atoms with Crippen molar-refractivity contribution in [2.45, 2.75) is 25.4 Å². The van der Waals surface area contributed by atoms with E-state index in [0.29, 0.717) is 0 Å². The number of methoxy groups -OCH3 is 1. The van der Waals surface area contributed by atoms with Gasteiger partial charge in [0.2, 0.25) is 0 Å². The number of hydrogen-bond donors (Lipinski definition) is 1. The van der Waals surface area contributed by atoms with Crippen LogP contribution in [0.5, 0.6) is 0 Å². The van der Waals surface area contributed by atoms with Crippen LogP contribution in [0.15, 0.2) is 18.3 Å². The van der Waals surface area contributed by atoms with Crippen LogP contribution in [-0.4, -0.2) is 62.4 Å². The van der Waals surface area contributed by atoms with Crippen molar-refractivity contribution in [3.8, 4) is 0 Å². The quantitative estimate of drug-likeness (QED) is 0.762. The highest BCUT2D eigenvalue weighted by Gasteiger charge is 2.31. The molecule has 116 valence electrons. The molecule has 0 aromatic carbocycles. The number of aromatic nitrogens is 1. The molecule has 1 N–H and O–H groups in total. The summed E-state index contributed by atoms with van der Waals surface area (Å²) in [5.74, 6) is 1.15. The van der Waals surface area contributed by atoms with E-state index in [1.807, 2.05) is 12.3 Å². The van der Waals surface area contributed by atoms with Gasteiger partial charge in [-0.25, -0.2) is 4.98 Å². The van der Waals surface area contributed by atoms with Crippen molar-refractivity contribution < 1.29 is 4.74 Å². The van der Waals surface area contributed by atoms with Gasteiger partial charge >= 0.3 is 0 Å². The summed E-state index contributed by atoms with van der Waals surface area (Å²) in [5, 5.41) is 3.42. The summed E-state index contributed by atoms with van der Waals surface area (Å²) in [6.07, 6.45) is 4.71. The number of nitrogens with one attached hydrogen (secondary N) is 1. The van der Waals surface area contributed by atoms with Gasteiger partial charge in [0.05, 0.1) is 6.61 Å². The number of pyridine rings is 1. The summed E-state index contributed by atoms with van der Waals surface area (Å²) in [5.41, 5.74) is 1.29. The van der Waals surface area contributed by atoms with Crippen LogP contribution in [0.3, 0.4) is 0 Å². The largest absolute Gasteiger partial charge is 0.383 e. The number of rotatable bonds is 7. The monoisotopic (exact) mass is 290 g/mol. The average molecular weight is 290 g/mol. The van der Waals surface area contributed by atoms with E-state index in [1.54, 1.807) is 7.11 Å². The van der Waals surface area contributed by atoms with E-state index in [1.165, 1.54) is 31.5 Å². The summed E-state index contributed by atoms with van der Waals surface area (Å²) in [4.78, 5) is 9.69. The molecule has 1 aliphatic carbocycles. The van der Waals surface area contributed by atoms with E-state index in [0.717, 1.165) is 44.6 Å². The van der Waals surface area contributed by atoms with Gasteiger partial charge < -0.3 is 15.0 Å². The molecule has 5 nitrogen and oxygen atoms in total. The lowest BCUT2D eigenvalue weighted by atomic mass is 10.2. The highest BCUT2D eigenvalue weighted by Crippen LogP contribution is 2.28. The topological polar surface area (TPSA) is 40.6 Å². The second-order valence-corrected chi connectivity index (χ2v) is 5.91. The summed E-state index contributed by atoms with van der Waals surface area (Å²) in [6, 6.07) is 5.08. The zero-order valence-corrected chi connectivity index (χ0v) is 12.9. The van der Waals surface area contributed by atoms with Crippen molar-refractivity contribution in [1.29, 1.82) is 0 Å². The third-order valence-electron chi connectivity index (χ3n) is 4.34. The van der Waals surface area contributed by atoms with Gasteiger partial charge in [0.15, 0.2) is 0 Å². The molecule has 21 heavy (non-hydrogen) atoms. The number of nitrogens with zero attached hydrogens (tertiary/aromatic N) is 3. The fourth-order valence-electron chi connectivity index (χ4n) is 2.99. The van der Waals surface area contributed by atoms with Gasteiger partial charge in [-0.05, 0) is 18.9 Å². The third kappa shape index (κ3) is 3.93. The van der Waals surface area contributed by atoms with Crippen molar-refractivity contribution in [1.82, 2.24) is 15.2 Å². The van der Waals surface area contributed by atoms with Crippen molar-refractivity contribution in [2.75, 3.05) is 51.3 Å². The minimum absolute atomic E-state index is 0.746. The number of ether oxygens (including phenoxy) is 1. The van der Waals surface area contributed by atoms with Crippen molar-refractivity contribution in [2.24, 2.45) is 0 Å². The Morgan fingerprint density at radius 3 is 2.81 bits per heavy atom. The van der Waals surface area contributed by atoms with Crippen molar-refractivity contribution in [3.63, 3.8) is 0 Å². The van der Waals surface area contributed by atoms with E-state index < -0.39 is 0 Å². The smallest absolute Gasteiger partial charge is 0.133 e. The van der Waals surface area contributed by atoms with E-state index in [2.05, 4.69) is 26.2 Å². The minimum Gasteiger partial charge on any atom is -0.383 e. The normalized spacial score (nSPS) is 20.0. The first kappa shape index (κ1) is 14.8. The van der Waals surface area contributed by atoms with Gasteiger partial charge in [-0.2, -0.15) is 0 Å². The minimum atomic E-state index is 0.746. The van der Waals surface area contributed by atoms with E-state index >= 15 is 0 Å². The Hall–Kier alpha value is -1.17. The first-order chi connectivity index (χ1) is 10.4. The Morgan fingerprint density at radius 2 is 2.10 bits per heavy atom. The van der Waals surface area contributed by atoms with Crippen LogP contribution in [0.25, 0.3) is 0 Å². The zero-order valence-electron chi connectivity index (χ0n) is 12.9. The molecule has 3 rings (SSSR count). The highest BCUT2D eigenvalue weighted by atomic mass is 16.5. The first-order valence-electron chi connectivity index (χ1n) is 8.01. The summed E-state index contributed by atoms with van der Waals surface area (Å²) in [7, 11) is 1.73. The second-order valence-electron chi connectivity index (χ2n) is 5.91. The fraction of sp³-hybridized carbons (Fsp3) is 0.688. The fourth-order valence-corrected chi connectivity index (χ4v) is 2.99. The molecule has 1 saturated carbocycles. The molecule has 2 fully saturated rings. The van der Waals surface area contributed by atoms with E-state index in [4.69, 9.17) is 4.74 Å². The molecule has 2 aliphatic rings. The lowest BCUT2D eigenvalue weighted by Gasteiger charge is -2.36. The SMILES string of the molecule is COCCNCc1cccnc1N1CCN(C2CC2)CC1. The lowest BCUT2D eigenvalue weighted by molar-refractivity contribution is 0.199. The van der Waals surface area contributed by atoms with Crippen LogP contribution in [0.4, 0.5) is 5.82 Å². The molecule has 1 aliphatic heterocycles. The molecule has 0 spiro atoms. The summed E-state index contributed by atoms with van der Waals surface area (Å²) in [6.45, 7) is 7.03. The third-order valence-corrected chi connectivity index (χ3v) is 4.34. The zero-order chi connectivity index (χ0) is 14.5. The molecule has 5 heteroatoms. The maximum atomic E-state index is 5.07. The lowest BCUT2D eigenvalue weighted by Crippen LogP contribution is -2.47. The molecular formula is C16H26N4O. The van der Waals surface area contributed by atoms with Crippen LogP contribution in [0.2, 0.25) is 0 Å². The van der Waals surface area contributed by atoms with Crippen LogP contribution >= 0.6 is 0 Å². The predicted octanol–water partition coefficient (Wildman–Crippen LogP) is 1.10. The Kier molecular flexibility index (Phi) is 5.06. The molecule has 1 aromatic heterocycles. The standard InChI is InChI=1S/C16H26N4O/c1-21-12-7-17-13-14-3-2-6-18-16(14)20-10-8-19(9-11-20)15-4-5-15/h2-3,6,15,17H,4-5,7-13H2,1H3. The molecule has 1 saturated heterocycles. The van der Waals surface area contributed by atoms with Gasteiger partial charge in [0.1, 0.15) is 5.82 Å². The Morgan fingerprint density at radius 1 is 1.29 bits per heavy atom. The Balaban J connectivity index is 1.56. The summed E-state index contributed by atoms with van der Waals surface area (Å²) >= 11 is 0. The average Bonchev–Trinajstić information content (AvgIpc) is 3.37. The molecule has 1 aromatic rings. The van der Waals surface area contributed by atoms with Gasteiger partial charge in [-0.15, -0.1) is 0 Å². The molecule has 0 atom stereocenters. The number of piperazine rings is 1. The van der Waals surface area contributed by atoms with Crippen LogP contribution < -0.4 is 10.2 Å². The molecular weight excluding hydrogens is 264 g/mol. The summed E-state index contributed by atoms with van der Waals surface area (Å²) < 4.78 is 5.07. The van der Waals surface area contributed by atoms with Gasteiger partial charge in [-0.3, -0.25) is 4.90 Å². The maximum Gasteiger partial charge on any atom is 0.133 e. The molecule has 0 bridgehead atoms. The Labute approximate surface area is 127 Å². The van der Waals surface area contributed by atoms with Crippen LogP contribution in [-0.2, 0) is 11.3 Å². The van der Waals surface area contributed by atoms with Crippen LogP contribution in [0.1, 0.15) is 18.4 Å². The molecule has 2 heterocycles. The van der Waals surface area contributed by atoms with Gasteiger partial charge in [-0.1, -0.05) is 6.07 Å².